The number of carbonyl (C=O) groups excluding carboxylic acids is 3. The molecule has 0 bridgehead atoms. The molecule has 2 amide bonds. The minimum Gasteiger partial charge on any atom is -0.377 e. The van der Waals surface area contributed by atoms with E-state index in [0.29, 0.717) is 19.6 Å². The molecule has 0 aromatic rings. The third kappa shape index (κ3) is 4.07. The van der Waals surface area contributed by atoms with Gasteiger partial charge >= 0.3 is 0 Å². The number of hydrogen-bond donors (Lipinski definition) is 0. The van der Waals surface area contributed by atoms with Crippen molar-refractivity contribution in [1.29, 1.82) is 0 Å². The van der Waals surface area contributed by atoms with Gasteiger partial charge in [0.1, 0.15) is 6.29 Å². The lowest BCUT2D eigenvalue weighted by Gasteiger charge is -2.22. The minimum absolute atomic E-state index is 0.106. The number of hydrogen-bond acceptors (Lipinski definition) is 4. The van der Waals surface area contributed by atoms with Crippen LogP contribution in [0.4, 0.5) is 0 Å². The largest absolute Gasteiger partial charge is 0.377 e. The molecule has 100 valence electrons. The van der Waals surface area contributed by atoms with E-state index in [1.807, 2.05) is 6.92 Å². The molecule has 0 N–H and O–H groups in total. The van der Waals surface area contributed by atoms with Crippen LogP contribution >= 0.6 is 0 Å². The van der Waals surface area contributed by atoms with E-state index >= 15 is 0 Å². The molecule has 1 rings (SSSR count). The van der Waals surface area contributed by atoms with Crippen LogP contribution in [0.5, 0.6) is 0 Å². The van der Waals surface area contributed by atoms with Crippen molar-refractivity contribution in [3.8, 4) is 0 Å². The van der Waals surface area contributed by atoms with Gasteiger partial charge in [0.05, 0.1) is 12.7 Å². The molecule has 0 aromatic heterocycles. The summed E-state index contributed by atoms with van der Waals surface area (Å²) in [5.74, 6) is -0.555. The molecular formula is C13H19NO4. The Balaban J connectivity index is 2.29. The van der Waals surface area contributed by atoms with Gasteiger partial charge in [-0.05, 0) is 13.3 Å². The fourth-order valence-corrected chi connectivity index (χ4v) is 1.44. The Morgan fingerprint density at radius 1 is 1.33 bits per heavy atom. The zero-order valence-corrected chi connectivity index (χ0v) is 11.0. The van der Waals surface area contributed by atoms with Crippen molar-refractivity contribution < 1.29 is 19.1 Å². The highest BCUT2D eigenvalue weighted by molar-refractivity contribution is 6.12. The first-order valence-electron chi connectivity index (χ1n) is 5.97. The number of nitrogens with zero attached hydrogens (tertiary/aromatic N) is 1. The predicted molar refractivity (Wildman–Crippen MR) is 65.7 cm³/mol. The van der Waals surface area contributed by atoms with Gasteiger partial charge in [0.15, 0.2) is 0 Å². The second kappa shape index (κ2) is 5.91. The molecule has 0 aromatic carbocycles. The number of imide groups is 1. The first-order valence-corrected chi connectivity index (χ1v) is 5.97. The Bertz CT molecular complexity index is 355. The van der Waals surface area contributed by atoms with E-state index in [2.05, 4.69) is 0 Å². The maximum absolute atomic E-state index is 11.3. The van der Waals surface area contributed by atoms with Crippen LogP contribution in [0, 0.1) is 5.41 Å². The molecule has 5 nitrogen and oxygen atoms in total. The lowest BCUT2D eigenvalue weighted by atomic mass is 9.97. The van der Waals surface area contributed by atoms with Crippen molar-refractivity contribution in [3.05, 3.63) is 12.2 Å². The molecule has 0 aliphatic carbocycles. The Hall–Kier alpha value is -1.49. The normalized spacial score (nSPS) is 17.4. The molecule has 1 heterocycles. The number of aldehydes is 1. The molecule has 1 aliphatic heterocycles. The van der Waals surface area contributed by atoms with E-state index in [9.17, 15) is 14.4 Å². The third-order valence-electron chi connectivity index (χ3n) is 2.72. The highest BCUT2D eigenvalue weighted by atomic mass is 16.5. The van der Waals surface area contributed by atoms with E-state index in [-0.39, 0.29) is 17.9 Å². The average Bonchev–Trinajstić information content (AvgIpc) is 2.64. The lowest BCUT2D eigenvalue weighted by molar-refractivity contribution is -0.137. The lowest BCUT2D eigenvalue weighted by Crippen LogP contribution is -2.33. The fourth-order valence-electron chi connectivity index (χ4n) is 1.44. The summed E-state index contributed by atoms with van der Waals surface area (Å²) in [7, 11) is 0. The summed E-state index contributed by atoms with van der Waals surface area (Å²) in [5.41, 5.74) is -0.505. The molecule has 0 saturated heterocycles. The van der Waals surface area contributed by atoms with E-state index in [1.165, 1.54) is 17.1 Å². The quantitative estimate of drug-likeness (QED) is 0.500. The molecule has 0 saturated carbocycles. The summed E-state index contributed by atoms with van der Waals surface area (Å²) in [4.78, 5) is 34.5. The van der Waals surface area contributed by atoms with Gasteiger partial charge in [-0.15, -0.1) is 0 Å². The molecule has 18 heavy (non-hydrogen) atoms. The minimum atomic E-state index is -0.505. The van der Waals surface area contributed by atoms with Crippen LogP contribution in [0.3, 0.4) is 0 Å². The van der Waals surface area contributed by atoms with Gasteiger partial charge < -0.3 is 9.53 Å². The number of carbonyl (C=O) groups is 3. The number of amides is 2. The molecular weight excluding hydrogens is 234 g/mol. The van der Waals surface area contributed by atoms with Crippen LogP contribution in [0.1, 0.15) is 27.2 Å². The van der Waals surface area contributed by atoms with Crippen molar-refractivity contribution in [1.82, 2.24) is 4.90 Å². The van der Waals surface area contributed by atoms with E-state index in [1.54, 1.807) is 13.8 Å². The van der Waals surface area contributed by atoms with Gasteiger partial charge in [0.2, 0.25) is 0 Å². The summed E-state index contributed by atoms with van der Waals surface area (Å²) in [6, 6.07) is 0. The van der Waals surface area contributed by atoms with Crippen molar-refractivity contribution >= 4 is 18.1 Å². The highest BCUT2D eigenvalue weighted by Crippen LogP contribution is 2.14. The standard InChI is InChI=1S/C13H19NO4/c1-10(18-9-13(2,3)8-15)6-7-14-11(16)4-5-12(14)17/h4-5,8,10H,6-7,9H2,1-3H3. The van der Waals surface area contributed by atoms with Crippen LogP contribution in [-0.4, -0.2) is 42.3 Å². The molecule has 0 radical (unpaired) electrons. The Morgan fingerprint density at radius 3 is 2.39 bits per heavy atom. The van der Waals surface area contributed by atoms with Gasteiger partial charge in [-0.3, -0.25) is 14.5 Å². The van der Waals surface area contributed by atoms with Gasteiger partial charge in [0.25, 0.3) is 11.8 Å². The maximum Gasteiger partial charge on any atom is 0.253 e. The predicted octanol–water partition coefficient (Wildman–Crippen LogP) is 0.932. The Labute approximate surface area is 107 Å². The van der Waals surface area contributed by atoms with Gasteiger partial charge in [-0.25, -0.2) is 0 Å². The molecule has 1 aliphatic rings. The molecule has 1 unspecified atom stereocenters. The second-order valence-corrected chi connectivity index (χ2v) is 5.18. The van der Waals surface area contributed by atoms with Crippen molar-refractivity contribution in [2.24, 2.45) is 5.41 Å². The Morgan fingerprint density at radius 2 is 1.89 bits per heavy atom. The second-order valence-electron chi connectivity index (χ2n) is 5.18. The van der Waals surface area contributed by atoms with E-state index in [0.717, 1.165) is 6.29 Å². The van der Waals surface area contributed by atoms with Gasteiger partial charge in [0, 0.05) is 24.1 Å². The maximum atomic E-state index is 11.3. The number of ether oxygens (including phenoxy) is 1. The van der Waals surface area contributed by atoms with Crippen LogP contribution < -0.4 is 0 Å². The van der Waals surface area contributed by atoms with Crippen molar-refractivity contribution in [3.63, 3.8) is 0 Å². The van der Waals surface area contributed by atoms with Crippen molar-refractivity contribution in [2.75, 3.05) is 13.2 Å². The monoisotopic (exact) mass is 253 g/mol. The fraction of sp³-hybridized carbons (Fsp3) is 0.615. The topological polar surface area (TPSA) is 63.7 Å². The summed E-state index contributed by atoms with van der Waals surface area (Å²) in [6.45, 7) is 6.12. The molecule has 0 fully saturated rings. The zero-order chi connectivity index (χ0) is 13.8. The first-order chi connectivity index (χ1) is 8.35. The van der Waals surface area contributed by atoms with E-state index in [4.69, 9.17) is 4.74 Å². The first kappa shape index (κ1) is 14.6. The van der Waals surface area contributed by atoms with Gasteiger partial charge in [-0.1, -0.05) is 13.8 Å². The summed E-state index contributed by atoms with van der Waals surface area (Å²) >= 11 is 0. The van der Waals surface area contributed by atoms with Gasteiger partial charge in [-0.2, -0.15) is 0 Å². The molecule has 1 atom stereocenters. The van der Waals surface area contributed by atoms with E-state index < -0.39 is 5.41 Å². The van der Waals surface area contributed by atoms with Crippen LogP contribution in [0.15, 0.2) is 12.2 Å². The van der Waals surface area contributed by atoms with Crippen molar-refractivity contribution in [2.45, 2.75) is 33.3 Å². The van der Waals surface area contributed by atoms with Crippen LogP contribution in [0.2, 0.25) is 0 Å². The number of rotatable bonds is 7. The smallest absolute Gasteiger partial charge is 0.253 e. The van der Waals surface area contributed by atoms with Crippen LogP contribution in [0.25, 0.3) is 0 Å². The highest BCUT2D eigenvalue weighted by Gasteiger charge is 2.24. The summed E-state index contributed by atoms with van der Waals surface area (Å²) < 4.78 is 5.53. The van der Waals surface area contributed by atoms with Crippen LogP contribution in [-0.2, 0) is 19.1 Å². The SMILES string of the molecule is CC(CCN1C(=O)C=CC1=O)OCC(C)(C)C=O. The molecule has 5 heteroatoms. The molecule has 0 spiro atoms. The average molecular weight is 253 g/mol. The zero-order valence-electron chi connectivity index (χ0n) is 11.0. The third-order valence-corrected chi connectivity index (χ3v) is 2.72. The summed E-state index contributed by atoms with van der Waals surface area (Å²) in [5, 5.41) is 0. The Kier molecular flexibility index (Phi) is 4.78. The summed E-state index contributed by atoms with van der Waals surface area (Å²) in [6.07, 6.45) is 3.85.